The van der Waals surface area contributed by atoms with E-state index in [0.29, 0.717) is 51.8 Å². The molecule has 0 unspecified atom stereocenters. The minimum Gasteiger partial charge on any atom is -0.493 e. The van der Waals surface area contributed by atoms with E-state index < -0.39 is 0 Å². The number of imidazole rings is 2. The molecule has 12 nitrogen and oxygen atoms in total. The minimum absolute atomic E-state index is 0.503. The highest BCUT2D eigenvalue weighted by atomic mass is 16.5. The van der Waals surface area contributed by atoms with Crippen LogP contribution >= 0.6 is 0 Å². The highest BCUT2D eigenvalue weighted by Gasteiger charge is 2.21. The number of hydrogen-bond acceptors (Lipinski definition) is 10. The van der Waals surface area contributed by atoms with Crippen molar-refractivity contribution in [1.29, 1.82) is 0 Å². The van der Waals surface area contributed by atoms with Crippen molar-refractivity contribution in [2.75, 3.05) is 53.3 Å². The van der Waals surface area contributed by atoms with Gasteiger partial charge in [0.1, 0.15) is 12.7 Å². The molecule has 0 fully saturated rings. The molecule has 0 saturated carbocycles. The highest BCUT2D eigenvalue weighted by molar-refractivity contribution is 5.90. The van der Waals surface area contributed by atoms with Gasteiger partial charge in [-0.2, -0.15) is 0 Å². The first kappa shape index (κ1) is 30.0. The molecule has 0 bridgehead atoms. The van der Waals surface area contributed by atoms with Crippen molar-refractivity contribution in [2.45, 2.75) is 0 Å². The normalized spacial score (nSPS) is 10.9. The van der Waals surface area contributed by atoms with Gasteiger partial charge in [0.2, 0.25) is 11.5 Å². The third-order valence-electron chi connectivity index (χ3n) is 7.60. The molecule has 6 aromatic rings. The highest BCUT2D eigenvalue weighted by Crippen LogP contribution is 2.42. The van der Waals surface area contributed by atoms with Crippen LogP contribution in [0.4, 0.5) is 23.0 Å². The second-order valence-electron chi connectivity index (χ2n) is 10.2. The molecule has 0 saturated heterocycles. The smallest absolute Gasteiger partial charge is 0.203 e. The quantitative estimate of drug-likeness (QED) is 0.165. The number of nitrogens with two attached hydrogens (primary N) is 1. The first-order valence-electron chi connectivity index (χ1n) is 14.2. The van der Waals surface area contributed by atoms with Gasteiger partial charge in [0.25, 0.3) is 0 Å². The molecule has 12 heteroatoms. The van der Waals surface area contributed by atoms with Gasteiger partial charge in [-0.15, -0.1) is 0 Å². The van der Waals surface area contributed by atoms with Gasteiger partial charge in [0.15, 0.2) is 34.6 Å². The van der Waals surface area contributed by atoms with Crippen molar-refractivity contribution in [3.63, 3.8) is 0 Å². The Morgan fingerprint density at radius 3 is 1.43 bits per heavy atom. The van der Waals surface area contributed by atoms with Gasteiger partial charge < -0.3 is 43.3 Å². The van der Waals surface area contributed by atoms with Crippen LogP contribution in [0.3, 0.4) is 0 Å². The topological polar surface area (TPSA) is 120 Å². The monoisotopic (exact) mass is 622 g/mol. The van der Waals surface area contributed by atoms with E-state index in [9.17, 15) is 0 Å². The summed E-state index contributed by atoms with van der Waals surface area (Å²) in [5.74, 6) is 4.35. The van der Waals surface area contributed by atoms with E-state index in [1.807, 2.05) is 81.0 Å². The van der Waals surface area contributed by atoms with E-state index in [1.165, 1.54) is 0 Å². The lowest BCUT2D eigenvalue weighted by molar-refractivity contribution is 0.324. The van der Waals surface area contributed by atoms with Crippen molar-refractivity contribution in [2.24, 2.45) is 0 Å². The maximum Gasteiger partial charge on any atom is 0.203 e. The zero-order valence-electron chi connectivity index (χ0n) is 26.3. The number of nitrogens with zero attached hydrogens (tertiary/aromatic N) is 5. The average molecular weight is 623 g/mol. The van der Waals surface area contributed by atoms with Gasteiger partial charge >= 0.3 is 0 Å². The standard InChI is InChI=1S/C34H34N6O6/c1-41-27-13-25(14-28(42-2)33(27)45-5)38-17-31(36-19-38)40(24-10-8-21-7-9-23(35)11-22(21)12-24)32-18-39(20-37-32)26-15-29(43-3)34(46-6)30(16-26)44-4/h7-20H,35H2,1-6H3. The van der Waals surface area contributed by atoms with E-state index >= 15 is 0 Å². The van der Waals surface area contributed by atoms with Gasteiger partial charge in [-0.3, -0.25) is 4.90 Å². The van der Waals surface area contributed by atoms with Crippen molar-refractivity contribution in [3.05, 3.63) is 85.7 Å². The van der Waals surface area contributed by atoms with E-state index in [-0.39, 0.29) is 0 Å². The Morgan fingerprint density at radius 2 is 1.00 bits per heavy atom. The number of ether oxygens (including phenoxy) is 6. The minimum atomic E-state index is 0.503. The number of benzene rings is 4. The van der Waals surface area contributed by atoms with Crippen LogP contribution in [0.1, 0.15) is 0 Å². The number of rotatable bonds is 11. The SMILES string of the molecule is COc1cc(-n2cnc(N(c3ccc4ccc(N)cc4c3)c3cn(-c4cc(OC)c(OC)c(OC)c4)cn3)c2)cc(OC)c1OC. The van der Waals surface area contributed by atoms with Crippen LogP contribution in [0.25, 0.3) is 22.1 Å². The summed E-state index contributed by atoms with van der Waals surface area (Å²) in [5.41, 5.74) is 9.18. The Hall–Kier alpha value is -6.04. The van der Waals surface area contributed by atoms with Crippen molar-refractivity contribution >= 4 is 33.8 Å². The largest absolute Gasteiger partial charge is 0.493 e. The Balaban J connectivity index is 1.48. The Labute approximate surface area is 266 Å². The van der Waals surface area contributed by atoms with Gasteiger partial charge in [0.05, 0.1) is 66.4 Å². The third-order valence-corrected chi connectivity index (χ3v) is 7.60. The van der Waals surface area contributed by atoms with E-state index in [2.05, 4.69) is 6.07 Å². The fourth-order valence-corrected chi connectivity index (χ4v) is 5.34. The average Bonchev–Trinajstić information content (AvgIpc) is 3.78. The van der Waals surface area contributed by atoms with Crippen LogP contribution in [0.2, 0.25) is 0 Å². The second-order valence-corrected chi connectivity index (χ2v) is 10.2. The molecule has 46 heavy (non-hydrogen) atoms. The van der Waals surface area contributed by atoms with Crippen LogP contribution in [0.5, 0.6) is 34.5 Å². The zero-order chi connectivity index (χ0) is 32.4. The maximum absolute atomic E-state index is 6.14. The number of nitrogen functional groups attached to an aromatic ring is 1. The second kappa shape index (κ2) is 12.5. The van der Waals surface area contributed by atoms with Gasteiger partial charge in [-0.05, 0) is 35.0 Å². The number of anilines is 4. The number of aromatic nitrogens is 4. The number of methoxy groups -OCH3 is 6. The van der Waals surface area contributed by atoms with Gasteiger partial charge in [0, 0.05) is 35.6 Å². The molecular formula is C34H34N6O6. The van der Waals surface area contributed by atoms with Crippen molar-refractivity contribution in [1.82, 2.24) is 19.1 Å². The molecule has 0 radical (unpaired) electrons. The molecular weight excluding hydrogens is 588 g/mol. The fourth-order valence-electron chi connectivity index (χ4n) is 5.34. The molecule has 4 aromatic carbocycles. The lowest BCUT2D eigenvalue weighted by Crippen LogP contribution is -2.11. The third kappa shape index (κ3) is 5.40. The number of fused-ring (bicyclic) bond motifs is 1. The van der Waals surface area contributed by atoms with Crippen LogP contribution in [-0.4, -0.2) is 61.8 Å². The summed E-state index contributed by atoms with van der Waals surface area (Å²) in [7, 11) is 9.47. The van der Waals surface area contributed by atoms with Gasteiger partial charge in [-0.1, -0.05) is 12.1 Å². The van der Waals surface area contributed by atoms with Crippen LogP contribution in [-0.2, 0) is 0 Å². The lowest BCUT2D eigenvalue weighted by Gasteiger charge is -2.21. The first-order chi connectivity index (χ1) is 22.4. The molecule has 0 amide bonds. The fraction of sp³-hybridized carbons (Fsp3) is 0.176. The lowest BCUT2D eigenvalue weighted by atomic mass is 10.1. The predicted molar refractivity (Wildman–Crippen MR) is 177 cm³/mol. The van der Waals surface area contributed by atoms with Crippen molar-refractivity contribution in [3.8, 4) is 45.9 Å². The van der Waals surface area contributed by atoms with Crippen LogP contribution in [0, 0.1) is 0 Å². The maximum atomic E-state index is 6.14. The summed E-state index contributed by atoms with van der Waals surface area (Å²) >= 11 is 0. The molecule has 2 N–H and O–H groups in total. The zero-order valence-corrected chi connectivity index (χ0v) is 26.3. The Morgan fingerprint density at radius 1 is 0.543 bits per heavy atom. The molecule has 0 spiro atoms. The summed E-state index contributed by atoms with van der Waals surface area (Å²) < 4.78 is 37.1. The summed E-state index contributed by atoms with van der Waals surface area (Å²) in [4.78, 5) is 11.6. The Kier molecular flexibility index (Phi) is 8.17. The van der Waals surface area contributed by atoms with Crippen molar-refractivity contribution < 1.29 is 28.4 Å². The summed E-state index contributed by atoms with van der Waals surface area (Å²) in [6.45, 7) is 0. The first-order valence-corrected chi connectivity index (χ1v) is 14.2. The molecule has 0 aliphatic rings. The van der Waals surface area contributed by atoms with Gasteiger partial charge in [-0.25, -0.2) is 9.97 Å². The van der Waals surface area contributed by atoms with E-state index in [1.54, 1.807) is 55.3 Å². The summed E-state index contributed by atoms with van der Waals surface area (Å²) in [6, 6.07) is 19.4. The van der Waals surface area contributed by atoms with Crippen LogP contribution < -0.4 is 39.1 Å². The summed E-state index contributed by atoms with van der Waals surface area (Å²) in [6.07, 6.45) is 7.25. The molecule has 0 aliphatic carbocycles. The summed E-state index contributed by atoms with van der Waals surface area (Å²) in [5, 5.41) is 2.04. The Bertz CT molecular complexity index is 1870. The molecule has 2 heterocycles. The molecule has 0 aliphatic heterocycles. The molecule has 2 aromatic heterocycles. The molecule has 6 rings (SSSR count). The van der Waals surface area contributed by atoms with E-state index in [0.717, 1.165) is 27.8 Å². The molecule has 236 valence electrons. The predicted octanol–water partition coefficient (Wildman–Crippen LogP) is 6.31. The van der Waals surface area contributed by atoms with E-state index in [4.69, 9.17) is 44.1 Å². The van der Waals surface area contributed by atoms with Crippen LogP contribution in [0.15, 0.2) is 85.7 Å². The number of hydrogen-bond donors (Lipinski definition) is 1. The molecule has 0 atom stereocenters.